The summed E-state index contributed by atoms with van der Waals surface area (Å²) in [5.41, 5.74) is 0.901. The van der Waals surface area contributed by atoms with Gasteiger partial charge in [0.2, 0.25) is 0 Å². The summed E-state index contributed by atoms with van der Waals surface area (Å²) in [5.74, 6) is 2.15. The van der Waals surface area contributed by atoms with E-state index < -0.39 is 0 Å². The highest BCUT2D eigenvalue weighted by molar-refractivity contribution is 5.63. The second kappa shape index (κ2) is 16.5. The number of nitrogens with zero attached hydrogens (tertiary/aromatic N) is 2. The van der Waals surface area contributed by atoms with Crippen LogP contribution in [-0.4, -0.2) is 49.6 Å². The molecule has 0 radical (unpaired) electrons. The van der Waals surface area contributed by atoms with Gasteiger partial charge in [0, 0.05) is 26.4 Å². The minimum absolute atomic E-state index is 0.641. The molecular weight excluding hydrogens is 392 g/mol. The molecule has 0 aliphatic rings. The Balaban J connectivity index is 1.73. The van der Waals surface area contributed by atoms with Crippen LogP contribution in [0.4, 0.5) is 0 Å². The van der Waals surface area contributed by atoms with E-state index in [-0.39, 0.29) is 0 Å². The van der Waals surface area contributed by atoms with Gasteiger partial charge in [-0.15, -0.1) is 0 Å². The van der Waals surface area contributed by atoms with Gasteiger partial charge in [0.25, 0.3) is 0 Å². The summed E-state index contributed by atoms with van der Waals surface area (Å²) in [5, 5.41) is 0. The first-order valence-corrected chi connectivity index (χ1v) is 11.7. The van der Waals surface area contributed by atoms with Gasteiger partial charge in [-0.1, -0.05) is 25.5 Å². The fourth-order valence-electron chi connectivity index (χ4n) is 3.04. The zero-order valence-corrected chi connectivity index (χ0v) is 19.2. The van der Waals surface area contributed by atoms with Gasteiger partial charge in [-0.3, -0.25) is 0 Å². The van der Waals surface area contributed by atoms with Crippen LogP contribution in [0.2, 0.25) is 0 Å². The van der Waals surface area contributed by atoms with Gasteiger partial charge in [-0.05, 0) is 57.6 Å². The van der Waals surface area contributed by atoms with E-state index in [9.17, 15) is 0 Å². The first-order valence-electron chi connectivity index (χ1n) is 11.7. The maximum atomic E-state index is 6.01. The second-order valence-electron chi connectivity index (χ2n) is 7.37. The van der Waals surface area contributed by atoms with Crippen LogP contribution in [0.1, 0.15) is 58.8 Å². The Labute approximate surface area is 187 Å². The average molecular weight is 431 g/mol. The maximum absolute atomic E-state index is 6.01. The third-order valence-corrected chi connectivity index (χ3v) is 4.70. The lowest BCUT2D eigenvalue weighted by Gasteiger charge is -2.11. The van der Waals surface area contributed by atoms with Gasteiger partial charge in [-0.2, -0.15) is 0 Å². The van der Waals surface area contributed by atoms with Crippen molar-refractivity contribution in [1.82, 2.24) is 9.97 Å². The van der Waals surface area contributed by atoms with Crippen LogP contribution in [0, 0.1) is 0 Å². The number of unbranched alkanes of at least 4 members (excludes halogenated alkanes) is 4. The van der Waals surface area contributed by atoms with Crippen molar-refractivity contribution in [1.29, 1.82) is 0 Å². The monoisotopic (exact) mass is 430 g/mol. The predicted octanol–water partition coefficient (Wildman–Crippen LogP) is 5.70. The van der Waals surface area contributed by atoms with Crippen LogP contribution in [0.15, 0.2) is 36.7 Å². The van der Waals surface area contributed by atoms with Crippen molar-refractivity contribution in [3.8, 4) is 22.9 Å². The Morgan fingerprint density at radius 3 is 2.10 bits per heavy atom. The molecule has 0 saturated heterocycles. The molecule has 1 aromatic heterocycles. The van der Waals surface area contributed by atoms with Gasteiger partial charge in [0.05, 0.1) is 31.2 Å². The number of ether oxygens (including phenoxy) is 4. The molecule has 0 aliphatic heterocycles. The maximum Gasteiger partial charge on any atom is 0.163 e. The van der Waals surface area contributed by atoms with Crippen molar-refractivity contribution in [3.63, 3.8) is 0 Å². The van der Waals surface area contributed by atoms with E-state index in [0.717, 1.165) is 76.3 Å². The molecule has 1 heterocycles. The Kier molecular flexibility index (Phi) is 13.4. The standard InChI is InChI=1S/C25H38N2O4/c1-3-15-29-17-11-12-18-30-22-20-26-25(27-21-22)23-13-7-8-14-24(23)31-19-10-6-5-9-16-28-4-2/h7-8,13-14,20-21H,3-6,9-12,15-19H2,1-2H3. The third-order valence-electron chi connectivity index (χ3n) is 4.70. The fourth-order valence-corrected chi connectivity index (χ4v) is 3.04. The molecule has 172 valence electrons. The fraction of sp³-hybridized carbons (Fsp3) is 0.600. The van der Waals surface area contributed by atoms with E-state index in [1.165, 1.54) is 6.42 Å². The third kappa shape index (κ3) is 10.6. The lowest BCUT2D eigenvalue weighted by molar-refractivity contribution is 0.127. The zero-order valence-electron chi connectivity index (χ0n) is 19.2. The molecule has 0 atom stereocenters. The highest BCUT2D eigenvalue weighted by Crippen LogP contribution is 2.27. The molecule has 0 unspecified atom stereocenters. The average Bonchev–Trinajstić information content (AvgIpc) is 2.81. The first-order chi connectivity index (χ1) is 15.3. The van der Waals surface area contributed by atoms with Crippen LogP contribution < -0.4 is 9.47 Å². The summed E-state index contributed by atoms with van der Waals surface area (Å²) in [4.78, 5) is 8.96. The van der Waals surface area contributed by atoms with E-state index in [1.54, 1.807) is 12.4 Å². The minimum Gasteiger partial charge on any atom is -0.493 e. The van der Waals surface area contributed by atoms with Gasteiger partial charge >= 0.3 is 0 Å². The van der Waals surface area contributed by atoms with Crippen LogP contribution in [0.5, 0.6) is 11.5 Å². The normalized spacial score (nSPS) is 10.9. The van der Waals surface area contributed by atoms with E-state index >= 15 is 0 Å². The molecule has 2 rings (SSSR count). The highest BCUT2D eigenvalue weighted by Gasteiger charge is 2.09. The minimum atomic E-state index is 0.641. The molecule has 0 spiro atoms. The Bertz CT molecular complexity index is 694. The molecule has 0 fully saturated rings. The Morgan fingerprint density at radius 2 is 1.32 bits per heavy atom. The second-order valence-corrected chi connectivity index (χ2v) is 7.37. The molecule has 6 nitrogen and oxygen atoms in total. The predicted molar refractivity (Wildman–Crippen MR) is 124 cm³/mol. The van der Waals surface area contributed by atoms with Crippen molar-refractivity contribution >= 4 is 0 Å². The number of hydrogen-bond acceptors (Lipinski definition) is 6. The van der Waals surface area contributed by atoms with E-state index in [1.807, 2.05) is 31.2 Å². The van der Waals surface area contributed by atoms with Gasteiger partial charge in [0.15, 0.2) is 11.6 Å². The highest BCUT2D eigenvalue weighted by atomic mass is 16.5. The summed E-state index contributed by atoms with van der Waals surface area (Å²) in [6.07, 6.45) is 10.9. The first kappa shape index (κ1) is 25.1. The summed E-state index contributed by atoms with van der Waals surface area (Å²) in [6.45, 7) is 8.74. The van der Waals surface area contributed by atoms with Crippen molar-refractivity contribution in [3.05, 3.63) is 36.7 Å². The van der Waals surface area contributed by atoms with Crippen LogP contribution >= 0.6 is 0 Å². The zero-order chi connectivity index (χ0) is 22.0. The topological polar surface area (TPSA) is 62.7 Å². The molecule has 0 saturated carbocycles. The van der Waals surface area contributed by atoms with Crippen LogP contribution in [-0.2, 0) is 9.47 Å². The molecular formula is C25H38N2O4. The molecule has 0 N–H and O–H groups in total. The molecule has 0 aliphatic carbocycles. The molecule has 31 heavy (non-hydrogen) atoms. The SMILES string of the molecule is CCCOCCCCOc1cnc(-c2ccccc2OCCCCCCOCC)nc1. The van der Waals surface area contributed by atoms with E-state index in [0.29, 0.717) is 24.8 Å². The number of para-hydroxylation sites is 1. The number of aromatic nitrogens is 2. The van der Waals surface area contributed by atoms with Crippen molar-refractivity contribution in [2.24, 2.45) is 0 Å². The molecule has 0 amide bonds. The van der Waals surface area contributed by atoms with Crippen molar-refractivity contribution in [2.75, 3.05) is 39.6 Å². The molecule has 6 heteroatoms. The van der Waals surface area contributed by atoms with Crippen LogP contribution in [0.3, 0.4) is 0 Å². The lowest BCUT2D eigenvalue weighted by atomic mass is 10.2. The number of hydrogen-bond donors (Lipinski definition) is 0. The van der Waals surface area contributed by atoms with Crippen molar-refractivity contribution in [2.45, 2.75) is 58.8 Å². The molecule has 0 bridgehead atoms. The molecule has 2 aromatic rings. The number of benzene rings is 1. The molecule has 1 aromatic carbocycles. The van der Waals surface area contributed by atoms with Gasteiger partial charge in [0.1, 0.15) is 5.75 Å². The smallest absolute Gasteiger partial charge is 0.163 e. The summed E-state index contributed by atoms with van der Waals surface area (Å²) >= 11 is 0. The number of rotatable bonds is 18. The van der Waals surface area contributed by atoms with Gasteiger partial charge < -0.3 is 18.9 Å². The lowest BCUT2D eigenvalue weighted by Crippen LogP contribution is -2.03. The quantitative estimate of drug-likeness (QED) is 0.283. The summed E-state index contributed by atoms with van der Waals surface area (Å²) in [6, 6.07) is 7.91. The summed E-state index contributed by atoms with van der Waals surface area (Å²) < 4.78 is 22.6. The Morgan fingerprint density at radius 1 is 0.677 bits per heavy atom. The Hall–Kier alpha value is -2.18. The largest absolute Gasteiger partial charge is 0.493 e. The van der Waals surface area contributed by atoms with Gasteiger partial charge in [-0.25, -0.2) is 9.97 Å². The van der Waals surface area contributed by atoms with E-state index in [4.69, 9.17) is 18.9 Å². The van der Waals surface area contributed by atoms with Crippen LogP contribution in [0.25, 0.3) is 11.4 Å². The summed E-state index contributed by atoms with van der Waals surface area (Å²) in [7, 11) is 0. The van der Waals surface area contributed by atoms with Crippen molar-refractivity contribution < 1.29 is 18.9 Å². The van der Waals surface area contributed by atoms with E-state index in [2.05, 4.69) is 16.9 Å².